The Balaban J connectivity index is 1.60. The molecule has 0 bridgehead atoms. The fraction of sp³-hybridized carbons (Fsp3) is 0.435. The van der Waals surface area contributed by atoms with Gasteiger partial charge in [0.25, 0.3) is 0 Å². The summed E-state index contributed by atoms with van der Waals surface area (Å²) in [5.74, 6) is 2.55. The van der Waals surface area contributed by atoms with Crippen LogP contribution in [0, 0.1) is 20.8 Å². The van der Waals surface area contributed by atoms with Crippen molar-refractivity contribution in [3.63, 3.8) is 0 Å². The number of aromatic nitrogens is 3. The zero-order valence-corrected chi connectivity index (χ0v) is 19.2. The Hall–Kier alpha value is -2.55. The number of thiophene rings is 1. The first-order valence-electron chi connectivity index (χ1n) is 10.5. The molecule has 1 aliphatic rings. The molecule has 0 amide bonds. The van der Waals surface area contributed by atoms with Crippen LogP contribution in [0.4, 0.5) is 0 Å². The monoisotopic (exact) mass is 440 g/mol. The third-order valence-corrected chi connectivity index (χ3v) is 6.62. The number of aryl methyl sites for hydroxylation is 2. The van der Waals surface area contributed by atoms with Crippen LogP contribution < -0.4 is 4.74 Å². The van der Waals surface area contributed by atoms with Gasteiger partial charge in [0, 0.05) is 29.2 Å². The van der Waals surface area contributed by atoms with Gasteiger partial charge in [0.05, 0.1) is 12.3 Å². The molecule has 0 saturated heterocycles. The van der Waals surface area contributed by atoms with E-state index in [4.69, 9.17) is 19.6 Å². The summed E-state index contributed by atoms with van der Waals surface area (Å²) in [6.07, 6.45) is 0.647. The highest BCUT2D eigenvalue weighted by molar-refractivity contribution is 7.15. The van der Waals surface area contributed by atoms with Gasteiger partial charge in [-0.25, -0.2) is 0 Å². The maximum Gasteiger partial charge on any atom is 0.162 e. The summed E-state index contributed by atoms with van der Waals surface area (Å²) in [6.45, 7) is 10.0. The van der Waals surface area contributed by atoms with Crippen molar-refractivity contribution in [1.29, 1.82) is 0 Å². The fourth-order valence-electron chi connectivity index (χ4n) is 3.68. The Morgan fingerprint density at radius 3 is 2.58 bits per heavy atom. The molecule has 8 heteroatoms. The van der Waals surface area contributed by atoms with Gasteiger partial charge in [-0.1, -0.05) is 0 Å². The van der Waals surface area contributed by atoms with E-state index in [0.717, 1.165) is 39.2 Å². The summed E-state index contributed by atoms with van der Waals surface area (Å²) in [5.41, 5.74) is 4.43. The number of nitrogens with zero attached hydrogens (tertiary/aromatic N) is 4. The summed E-state index contributed by atoms with van der Waals surface area (Å²) >= 11 is 1.76. The molecule has 0 saturated carbocycles. The molecule has 2 aromatic heterocycles. The SMILES string of the molecule is Cc1sc2c(c1C)C(c1ccc(OCCOCCCO)cc1)=NC(C)c1nnc(C)n1-2. The highest BCUT2D eigenvalue weighted by Crippen LogP contribution is 2.38. The lowest BCUT2D eigenvalue weighted by Gasteiger charge is -2.11. The molecule has 3 heterocycles. The van der Waals surface area contributed by atoms with Crippen LogP contribution in [0.5, 0.6) is 5.75 Å². The van der Waals surface area contributed by atoms with Crippen LogP contribution in [-0.2, 0) is 4.74 Å². The van der Waals surface area contributed by atoms with E-state index in [-0.39, 0.29) is 12.6 Å². The van der Waals surface area contributed by atoms with Crippen molar-refractivity contribution in [3.8, 4) is 10.8 Å². The molecule has 1 N–H and O–H groups in total. The molecule has 3 aromatic rings. The topological polar surface area (TPSA) is 81.8 Å². The average molecular weight is 441 g/mol. The van der Waals surface area contributed by atoms with E-state index in [1.54, 1.807) is 11.3 Å². The number of hydrogen-bond donors (Lipinski definition) is 1. The second kappa shape index (κ2) is 9.30. The number of ether oxygens (including phenoxy) is 2. The number of benzene rings is 1. The molecule has 0 fully saturated rings. The van der Waals surface area contributed by atoms with Crippen LogP contribution >= 0.6 is 11.3 Å². The molecule has 7 nitrogen and oxygen atoms in total. The van der Waals surface area contributed by atoms with E-state index < -0.39 is 0 Å². The van der Waals surface area contributed by atoms with Gasteiger partial charge in [-0.15, -0.1) is 21.5 Å². The van der Waals surface area contributed by atoms with E-state index in [9.17, 15) is 0 Å². The predicted molar refractivity (Wildman–Crippen MR) is 122 cm³/mol. The minimum absolute atomic E-state index is 0.0949. The third-order valence-electron chi connectivity index (χ3n) is 5.42. The summed E-state index contributed by atoms with van der Waals surface area (Å²) in [5, 5.41) is 18.6. The predicted octanol–water partition coefficient (Wildman–Crippen LogP) is 3.94. The lowest BCUT2D eigenvalue weighted by atomic mass is 9.99. The maximum absolute atomic E-state index is 8.77. The first kappa shape index (κ1) is 21.7. The zero-order chi connectivity index (χ0) is 22.0. The first-order valence-corrected chi connectivity index (χ1v) is 11.3. The Morgan fingerprint density at radius 1 is 1.06 bits per heavy atom. The highest BCUT2D eigenvalue weighted by Gasteiger charge is 2.29. The lowest BCUT2D eigenvalue weighted by Crippen LogP contribution is -2.09. The number of aliphatic imine (C=N–C) groups is 1. The van der Waals surface area contributed by atoms with E-state index in [0.29, 0.717) is 26.2 Å². The maximum atomic E-state index is 8.77. The highest BCUT2D eigenvalue weighted by atomic mass is 32.1. The Kier molecular flexibility index (Phi) is 6.50. The molecule has 1 aromatic carbocycles. The standard InChI is InChI=1S/C23H28N4O3S/c1-14-16(3)31-23-20(14)21(24-15(2)22-26-25-17(4)27(22)23)18-6-8-19(9-7-18)30-13-12-29-11-5-10-28/h6-9,15,28H,5,10-13H2,1-4H3. The molecule has 0 spiro atoms. The van der Waals surface area contributed by atoms with Crippen molar-refractivity contribution in [2.45, 2.75) is 40.2 Å². The van der Waals surface area contributed by atoms with Gasteiger partial charge in [-0.3, -0.25) is 9.56 Å². The molecule has 0 aliphatic carbocycles. The summed E-state index contributed by atoms with van der Waals surface area (Å²) < 4.78 is 13.3. The Bertz CT molecular complexity index is 1090. The van der Waals surface area contributed by atoms with Gasteiger partial charge >= 0.3 is 0 Å². The molecule has 0 radical (unpaired) electrons. The number of fused-ring (bicyclic) bond motifs is 3. The van der Waals surface area contributed by atoms with Gasteiger partial charge in [-0.2, -0.15) is 0 Å². The van der Waals surface area contributed by atoms with Crippen LogP contribution in [0.15, 0.2) is 29.3 Å². The number of aliphatic hydroxyl groups excluding tert-OH is 1. The molecule has 1 unspecified atom stereocenters. The van der Waals surface area contributed by atoms with Crippen LogP contribution in [0.2, 0.25) is 0 Å². The average Bonchev–Trinajstić information content (AvgIpc) is 3.25. The van der Waals surface area contributed by atoms with Crippen molar-refractivity contribution < 1.29 is 14.6 Å². The molecule has 1 atom stereocenters. The number of hydrogen-bond acceptors (Lipinski definition) is 7. The second-order valence-electron chi connectivity index (χ2n) is 7.62. The summed E-state index contributed by atoms with van der Waals surface area (Å²) in [6, 6.07) is 7.97. The van der Waals surface area contributed by atoms with E-state index in [2.05, 4.69) is 47.7 Å². The number of aliphatic hydroxyl groups is 1. The van der Waals surface area contributed by atoms with Crippen molar-refractivity contribution in [3.05, 3.63) is 57.5 Å². The van der Waals surface area contributed by atoms with Crippen LogP contribution in [0.1, 0.15) is 52.6 Å². The van der Waals surface area contributed by atoms with E-state index in [1.807, 2.05) is 19.1 Å². The number of rotatable bonds is 8. The lowest BCUT2D eigenvalue weighted by molar-refractivity contribution is 0.0883. The smallest absolute Gasteiger partial charge is 0.162 e. The van der Waals surface area contributed by atoms with Crippen molar-refractivity contribution in [2.75, 3.05) is 26.4 Å². The molecule has 31 heavy (non-hydrogen) atoms. The Morgan fingerprint density at radius 2 is 1.84 bits per heavy atom. The minimum atomic E-state index is -0.0949. The first-order chi connectivity index (χ1) is 15.0. The minimum Gasteiger partial charge on any atom is -0.491 e. The van der Waals surface area contributed by atoms with Crippen LogP contribution in [0.3, 0.4) is 0 Å². The van der Waals surface area contributed by atoms with Crippen LogP contribution in [0.25, 0.3) is 5.00 Å². The normalized spacial score (nSPS) is 15.3. The zero-order valence-electron chi connectivity index (χ0n) is 18.4. The van der Waals surface area contributed by atoms with Gasteiger partial charge in [0.2, 0.25) is 0 Å². The summed E-state index contributed by atoms with van der Waals surface area (Å²) in [7, 11) is 0. The second-order valence-corrected chi connectivity index (χ2v) is 8.82. The van der Waals surface area contributed by atoms with Crippen LogP contribution in [-0.4, -0.2) is 52.0 Å². The van der Waals surface area contributed by atoms with Gasteiger partial charge < -0.3 is 14.6 Å². The quantitative estimate of drug-likeness (QED) is 0.537. The summed E-state index contributed by atoms with van der Waals surface area (Å²) in [4.78, 5) is 6.34. The van der Waals surface area contributed by atoms with Gasteiger partial charge in [-0.05, 0) is 63.9 Å². The van der Waals surface area contributed by atoms with Crippen molar-refractivity contribution in [2.24, 2.45) is 4.99 Å². The van der Waals surface area contributed by atoms with Crippen molar-refractivity contribution >= 4 is 17.0 Å². The molecule has 164 valence electrons. The molecular formula is C23H28N4O3S. The largest absolute Gasteiger partial charge is 0.491 e. The van der Waals surface area contributed by atoms with Gasteiger partial charge in [0.1, 0.15) is 29.2 Å². The molecule has 4 rings (SSSR count). The molecular weight excluding hydrogens is 412 g/mol. The third kappa shape index (κ3) is 4.28. The fourth-order valence-corrected chi connectivity index (χ4v) is 4.89. The van der Waals surface area contributed by atoms with E-state index in [1.165, 1.54) is 10.4 Å². The Labute approximate surface area is 186 Å². The van der Waals surface area contributed by atoms with Crippen molar-refractivity contribution in [1.82, 2.24) is 14.8 Å². The van der Waals surface area contributed by atoms with E-state index >= 15 is 0 Å². The van der Waals surface area contributed by atoms with Gasteiger partial charge in [0.15, 0.2) is 5.82 Å². The molecule has 1 aliphatic heterocycles.